The van der Waals surface area contributed by atoms with E-state index < -0.39 is 10.0 Å². The highest BCUT2D eigenvalue weighted by Gasteiger charge is 2.19. The van der Waals surface area contributed by atoms with Gasteiger partial charge in [0.15, 0.2) is 0 Å². The number of nitrogens with one attached hydrogen (secondary N) is 2. The van der Waals surface area contributed by atoms with Gasteiger partial charge in [0.2, 0.25) is 0 Å². The Kier molecular flexibility index (Phi) is 5.30. The fourth-order valence-corrected chi connectivity index (χ4v) is 4.98. The normalized spacial score (nSPS) is 14.2. The van der Waals surface area contributed by atoms with Gasteiger partial charge in [0.25, 0.3) is 15.9 Å². The van der Waals surface area contributed by atoms with Gasteiger partial charge in [-0.05, 0) is 61.4 Å². The number of hydrogen-bond donors (Lipinski definition) is 2. The molecule has 5 rings (SSSR count). The second-order valence-corrected chi connectivity index (χ2v) is 9.74. The van der Waals surface area contributed by atoms with E-state index >= 15 is 0 Å². The number of sulfonamides is 1. The zero-order valence-electron chi connectivity index (χ0n) is 18.5. The summed E-state index contributed by atoms with van der Waals surface area (Å²) in [5, 5.41) is 2.73. The summed E-state index contributed by atoms with van der Waals surface area (Å²) in [7, 11) is -3.99. The van der Waals surface area contributed by atoms with Crippen molar-refractivity contribution < 1.29 is 17.9 Å². The molecular weight excluding hydrogens is 450 g/mol. The van der Waals surface area contributed by atoms with Crippen LogP contribution in [-0.2, 0) is 10.0 Å². The number of pyridine rings is 1. The number of anilines is 2. The Morgan fingerprint density at radius 3 is 2.35 bits per heavy atom. The summed E-state index contributed by atoms with van der Waals surface area (Å²) in [5.41, 5.74) is 4.20. The van der Waals surface area contributed by atoms with Crippen LogP contribution >= 0.6 is 0 Å². The van der Waals surface area contributed by atoms with Crippen molar-refractivity contribution in [2.75, 3.05) is 10.0 Å². The van der Waals surface area contributed by atoms with Crippen LogP contribution in [0.3, 0.4) is 0 Å². The third-order valence-corrected chi connectivity index (χ3v) is 6.86. The zero-order chi connectivity index (χ0) is 23.9. The molecule has 1 amide bonds. The molecule has 0 unspecified atom stereocenters. The fraction of sp³-hybridized carbons (Fsp3) is 0.0769. The van der Waals surface area contributed by atoms with Gasteiger partial charge in [0.05, 0.1) is 10.6 Å². The summed E-state index contributed by atoms with van der Waals surface area (Å²) in [6.45, 7) is 3.95. The number of aromatic nitrogens is 1. The maximum absolute atomic E-state index is 13.2. The van der Waals surface area contributed by atoms with Crippen molar-refractivity contribution in [3.8, 4) is 22.8 Å². The maximum Gasteiger partial charge on any atom is 0.263 e. The molecule has 3 aromatic carbocycles. The molecule has 0 fully saturated rings. The summed E-state index contributed by atoms with van der Waals surface area (Å²) in [6.07, 6.45) is 0. The molecule has 1 aliphatic rings. The van der Waals surface area contributed by atoms with E-state index in [-0.39, 0.29) is 16.6 Å². The van der Waals surface area contributed by atoms with Crippen LogP contribution in [0.25, 0.3) is 11.3 Å². The highest BCUT2D eigenvalue weighted by molar-refractivity contribution is 7.92. The first-order valence-corrected chi connectivity index (χ1v) is 12.1. The quantitative estimate of drug-likeness (QED) is 0.381. The molecule has 0 saturated heterocycles. The van der Waals surface area contributed by atoms with E-state index in [1.807, 2.05) is 32.0 Å². The first-order chi connectivity index (χ1) is 16.3. The van der Waals surface area contributed by atoms with Gasteiger partial charge in [-0.3, -0.25) is 9.52 Å². The molecule has 8 heteroatoms. The van der Waals surface area contributed by atoms with Crippen molar-refractivity contribution in [1.29, 1.82) is 0 Å². The molecule has 2 N–H and O–H groups in total. The first-order valence-electron chi connectivity index (χ1n) is 10.6. The molecule has 34 heavy (non-hydrogen) atoms. The van der Waals surface area contributed by atoms with Gasteiger partial charge >= 0.3 is 0 Å². The minimum Gasteiger partial charge on any atom is -0.457 e. The Morgan fingerprint density at radius 2 is 1.56 bits per heavy atom. The summed E-state index contributed by atoms with van der Waals surface area (Å²) in [5.74, 6) is 0.564. The summed E-state index contributed by atoms with van der Waals surface area (Å²) < 4.78 is 34.9. The molecule has 1 aromatic heterocycles. The van der Waals surface area contributed by atoms with Crippen LogP contribution in [0.4, 0.5) is 11.5 Å². The topological polar surface area (TPSA) is 97.4 Å². The highest BCUT2D eigenvalue weighted by Crippen LogP contribution is 2.33. The molecule has 0 aliphatic carbocycles. The zero-order valence-corrected chi connectivity index (χ0v) is 19.3. The number of ether oxygens (including phenoxy) is 1. The maximum atomic E-state index is 13.2. The van der Waals surface area contributed by atoms with Gasteiger partial charge in [0.1, 0.15) is 17.3 Å². The SMILES string of the molecule is Cc1cccc(C)c1-c1cc2cc(n1)NS(=O)(=O)c1cccc(c1)NC(=O)c1cccc(c1)O2. The Morgan fingerprint density at radius 1 is 0.824 bits per heavy atom. The Bertz CT molecular complexity index is 1530. The Hall–Kier alpha value is -4.17. The second-order valence-electron chi connectivity index (χ2n) is 8.06. The molecule has 0 spiro atoms. The number of hydrogen-bond acceptors (Lipinski definition) is 5. The molecule has 2 heterocycles. The van der Waals surface area contributed by atoms with Gasteiger partial charge in [-0.15, -0.1) is 0 Å². The van der Waals surface area contributed by atoms with Crippen LogP contribution in [0, 0.1) is 13.8 Å². The van der Waals surface area contributed by atoms with Crippen LogP contribution in [0.1, 0.15) is 21.5 Å². The standard InChI is InChI=1S/C26H21N3O4S/c1-16-6-3-7-17(2)25(16)23-14-21-15-24(28-23)29-34(31,32)22-11-5-9-19(13-22)27-26(30)18-8-4-10-20(12-18)33-21/h3-15H,1-2H3,(H,27,30)(H,28,29). The van der Waals surface area contributed by atoms with Crippen molar-refractivity contribution in [3.63, 3.8) is 0 Å². The van der Waals surface area contributed by atoms with Crippen LogP contribution in [0.15, 0.2) is 83.8 Å². The average molecular weight is 472 g/mol. The number of aryl methyl sites for hydroxylation is 2. The van der Waals surface area contributed by atoms with Gasteiger partial charge < -0.3 is 10.1 Å². The lowest BCUT2D eigenvalue weighted by atomic mass is 9.99. The minimum atomic E-state index is -3.99. The molecular formula is C26H21N3O4S. The summed E-state index contributed by atoms with van der Waals surface area (Å²) in [6, 6.07) is 22.0. The van der Waals surface area contributed by atoms with E-state index in [0.29, 0.717) is 28.4 Å². The monoisotopic (exact) mass is 471 g/mol. The van der Waals surface area contributed by atoms with Gasteiger partial charge in [0, 0.05) is 28.9 Å². The van der Waals surface area contributed by atoms with Crippen LogP contribution < -0.4 is 14.8 Å². The second kappa shape index (κ2) is 8.31. The summed E-state index contributed by atoms with van der Waals surface area (Å²) in [4.78, 5) is 17.4. The van der Waals surface area contributed by atoms with Crippen molar-refractivity contribution in [2.24, 2.45) is 0 Å². The van der Waals surface area contributed by atoms with E-state index in [2.05, 4.69) is 15.0 Å². The van der Waals surface area contributed by atoms with Gasteiger partial charge in [-0.1, -0.05) is 30.3 Å². The van der Waals surface area contributed by atoms with E-state index in [0.717, 1.165) is 16.7 Å². The smallest absolute Gasteiger partial charge is 0.263 e. The number of nitrogens with zero attached hydrogens (tertiary/aromatic N) is 1. The van der Waals surface area contributed by atoms with Crippen LogP contribution in [0.2, 0.25) is 0 Å². The van der Waals surface area contributed by atoms with Crippen LogP contribution in [0.5, 0.6) is 11.5 Å². The number of fused-ring (bicyclic) bond motifs is 6. The number of amides is 1. The fourth-order valence-electron chi connectivity index (χ4n) is 3.94. The summed E-state index contributed by atoms with van der Waals surface area (Å²) >= 11 is 0. The molecule has 0 saturated carbocycles. The molecule has 170 valence electrons. The highest BCUT2D eigenvalue weighted by atomic mass is 32.2. The van der Waals surface area contributed by atoms with Gasteiger partial charge in [-0.25, -0.2) is 13.4 Å². The minimum absolute atomic E-state index is 0.00199. The molecule has 0 radical (unpaired) electrons. The third-order valence-electron chi connectivity index (χ3n) is 5.51. The Balaban J connectivity index is 1.73. The number of carbonyl (C=O) groups is 1. The van der Waals surface area contributed by atoms with Crippen LogP contribution in [-0.4, -0.2) is 19.3 Å². The number of carbonyl (C=O) groups excluding carboxylic acids is 1. The lowest BCUT2D eigenvalue weighted by molar-refractivity contribution is 0.102. The van der Waals surface area contributed by atoms with E-state index in [1.165, 1.54) is 18.2 Å². The molecule has 4 aromatic rings. The predicted octanol–water partition coefficient (Wildman–Crippen LogP) is 5.52. The van der Waals surface area contributed by atoms with Crippen molar-refractivity contribution in [1.82, 2.24) is 4.98 Å². The van der Waals surface area contributed by atoms with E-state index in [4.69, 9.17) is 4.74 Å². The number of benzene rings is 3. The van der Waals surface area contributed by atoms with E-state index in [9.17, 15) is 13.2 Å². The van der Waals surface area contributed by atoms with Gasteiger partial charge in [-0.2, -0.15) is 0 Å². The largest absolute Gasteiger partial charge is 0.457 e. The first kappa shape index (κ1) is 21.7. The number of rotatable bonds is 1. The molecule has 7 nitrogen and oxygen atoms in total. The third kappa shape index (κ3) is 4.23. The van der Waals surface area contributed by atoms with Crippen molar-refractivity contribution in [2.45, 2.75) is 18.7 Å². The Labute approximate surface area is 197 Å². The molecule has 6 bridgehead atoms. The van der Waals surface area contributed by atoms with Crippen molar-refractivity contribution >= 4 is 27.4 Å². The van der Waals surface area contributed by atoms with E-state index in [1.54, 1.807) is 42.5 Å². The lowest BCUT2D eigenvalue weighted by Crippen LogP contribution is -2.16. The molecule has 0 atom stereocenters. The average Bonchev–Trinajstić information content (AvgIpc) is 2.78. The lowest BCUT2D eigenvalue weighted by Gasteiger charge is -2.16. The predicted molar refractivity (Wildman–Crippen MR) is 131 cm³/mol. The molecule has 1 aliphatic heterocycles. The van der Waals surface area contributed by atoms with Crippen molar-refractivity contribution in [3.05, 3.63) is 95.6 Å².